The molecule has 1 saturated carbocycles. The van der Waals surface area contributed by atoms with E-state index in [1.807, 2.05) is 54.6 Å². The highest BCUT2D eigenvalue weighted by molar-refractivity contribution is 8.15. The predicted octanol–water partition coefficient (Wildman–Crippen LogP) is 5.60. The fourth-order valence-corrected chi connectivity index (χ4v) is 7.76. The van der Waals surface area contributed by atoms with Crippen molar-refractivity contribution in [2.75, 3.05) is 0 Å². The molecule has 0 aliphatic heterocycles. The molecule has 0 radical (unpaired) electrons. The Hall–Kier alpha value is -2.04. The van der Waals surface area contributed by atoms with Crippen LogP contribution in [0.25, 0.3) is 0 Å². The summed E-state index contributed by atoms with van der Waals surface area (Å²) in [6.07, 6.45) is 2.50. The Morgan fingerprint density at radius 3 is 2.00 bits per heavy atom. The standard InChI is InChI=1S/C23H22O2S2/c24-27(25,22-14-8-3-9-15-22)23(26-21-12-6-2-7-13-21)18-20(23)17-16-19-10-4-1-5-11-19/h1-15,20H,16-18H2/t20-,23-/m1/s1. The number of rotatable bonds is 7. The average Bonchev–Trinajstić information content (AvgIpc) is 3.43. The molecule has 0 bridgehead atoms. The lowest BCUT2D eigenvalue weighted by molar-refractivity contribution is 0.585. The fourth-order valence-electron chi connectivity index (χ4n) is 3.59. The van der Waals surface area contributed by atoms with E-state index >= 15 is 0 Å². The molecule has 1 aliphatic rings. The number of hydrogen-bond donors (Lipinski definition) is 0. The Labute approximate surface area is 165 Å². The Balaban J connectivity index is 1.61. The number of benzene rings is 3. The van der Waals surface area contributed by atoms with E-state index in [2.05, 4.69) is 12.1 Å². The van der Waals surface area contributed by atoms with Crippen LogP contribution in [0.1, 0.15) is 18.4 Å². The third-order valence-electron chi connectivity index (χ3n) is 5.16. The van der Waals surface area contributed by atoms with Crippen LogP contribution >= 0.6 is 11.8 Å². The number of hydrogen-bond acceptors (Lipinski definition) is 3. The van der Waals surface area contributed by atoms with Crippen LogP contribution in [-0.2, 0) is 16.3 Å². The van der Waals surface area contributed by atoms with Gasteiger partial charge in [-0.2, -0.15) is 0 Å². The topological polar surface area (TPSA) is 34.1 Å². The molecule has 138 valence electrons. The van der Waals surface area contributed by atoms with Crippen molar-refractivity contribution in [1.82, 2.24) is 0 Å². The highest BCUT2D eigenvalue weighted by Gasteiger charge is 2.64. The van der Waals surface area contributed by atoms with Crippen molar-refractivity contribution in [1.29, 1.82) is 0 Å². The zero-order valence-electron chi connectivity index (χ0n) is 15.0. The summed E-state index contributed by atoms with van der Waals surface area (Å²) in [4.78, 5) is 1.44. The second kappa shape index (κ2) is 7.53. The molecule has 1 aliphatic carbocycles. The van der Waals surface area contributed by atoms with Crippen molar-refractivity contribution in [3.8, 4) is 0 Å². The number of sulfone groups is 1. The van der Waals surface area contributed by atoms with E-state index in [1.54, 1.807) is 24.3 Å². The van der Waals surface area contributed by atoms with Gasteiger partial charge in [-0.25, -0.2) is 8.42 Å². The first kappa shape index (κ1) is 18.3. The lowest BCUT2D eigenvalue weighted by Gasteiger charge is -2.18. The minimum absolute atomic E-state index is 0.160. The molecule has 3 aromatic carbocycles. The summed E-state index contributed by atoms with van der Waals surface area (Å²) in [6, 6.07) is 29.1. The van der Waals surface area contributed by atoms with E-state index in [4.69, 9.17) is 0 Å². The lowest BCUT2D eigenvalue weighted by Crippen LogP contribution is -2.22. The molecule has 2 nitrogen and oxygen atoms in total. The van der Waals surface area contributed by atoms with E-state index in [-0.39, 0.29) is 5.92 Å². The van der Waals surface area contributed by atoms with Crippen LogP contribution in [0.15, 0.2) is 101 Å². The summed E-state index contributed by atoms with van der Waals surface area (Å²) in [7, 11) is -3.42. The molecular formula is C23H22O2S2. The molecule has 0 spiro atoms. The van der Waals surface area contributed by atoms with Gasteiger partial charge in [-0.3, -0.25) is 0 Å². The lowest BCUT2D eigenvalue weighted by atomic mass is 10.1. The van der Waals surface area contributed by atoms with Crippen molar-refractivity contribution in [3.05, 3.63) is 96.6 Å². The molecule has 0 unspecified atom stereocenters. The maximum atomic E-state index is 13.5. The van der Waals surface area contributed by atoms with Gasteiger partial charge >= 0.3 is 0 Å². The molecule has 27 heavy (non-hydrogen) atoms. The molecule has 2 atom stereocenters. The Kier molecular flexibility index (Phi) is 5.11. The Morgan fingerprint density at radius 1 is 0.815 bits per heavy atom. The highest BCUT2D eigenvalue weighted by atomic mass is 32.3. The van der Waals surface area contributed by atoms with Crippen LogP contribution in [0.3, 0.4) is 0 Å². The van der Waals surface area contributed by atoms with Gasteiger partial charge in [0.2, 0.25) is 0 Å². The SMILES string of the molecule is O=S(=O)(c1ccccc1)[C@]1(Sc2ccccc2)C[C@H]1CCc1ccccc1. The van der Waals surface area contributed by atoms with Crippen molar-refractivity contribution in [2.24, 2.45) is 5.92 Å². The van der Waals surface area contributed by atoms with Crippen molar-refractivity contribution in [3.63, 3.8) is 0 Å². The normalized spacial score (nSPS) is 21.7. The molecular weight excluding hydrogens is 372 g/mol. The van der Waals surface area contributed by atoms with E-state index in [0.717, 1.165) is 17.7 Å². The van der Waals surface area contributed by atoms with E-state index in [0.29, 0.717) is 11.3 Å². The van der Waals surface area contributed by atoms with Crippen LogP contribution in [-0.4, -0.2) is 12.5 Å². The van der Waals surface area contributed by atoms with Crippen molar-refractivity contribution in [2.45, 2.75) is 33.1 Å². The maximum Gasteiger partial charge on any atom is 0.193 e. The largest absolute Gasteiger partial charge is 0.222 e. The zero-order chi connectivity index (χ0) is 18.7. The molecule has 0 N–H and O–H groups in total. The third-order valence-corrected chi connectivity index (χ3v) is 9.72. The monoisotopic (exact) mass is 394 g/mol. The molecule has 1 fully saturated rings. The Bertz CT molecular complexity index is 986. The fraction of sp³-hybridized carbons (Fsp3) is 0.217. The first-order chi connectivity index (χ1) is 13.1. The second-order valence-electron chi connectivity index (χ2n) is 6.97. The quantitative estimate of drug-likeness (QED) is 0.523. The molecule has 3 aromatic rings. The summed E-state index contributed by atoms with van der Waals surface area (Å²) < 4.78 is 26.3. The van der Waals surface area contributed by atoms with E-state index in [9.17, 15) is 8.42 Å². The van der Waals surface area contributed by atoms with Gasteiger partial charge in [0, 0.05) is 4.90 Å². The molecule has 0 heterocycles. The van der Waals surface area contributed by atoms with Crippen molar-refractivity contribution < 1.29 is 8.42 Å². The van der Waals surface area contributed by atoms with Gasteiger partial charge in [-0.05, 0) is 55.0 Å². The van der Waals surface area contributed by atoms with Crippen LogP contribution in [0, 0.1) is 5.92 Å². The summed E-state index contributed by atoms with van der Waals surface area (Å²) in [6.45, 7) is 0. The van der Waals surface area contributed by atoms with Crippen LogP contribution < -0.4 is 0 Å². The third kappa shape index (κ3) is 3.69. The van der Waals surface area contributed by atoms with Gasteiger partial charge in [0.1, 0.15) is 4.08 Å². The van der Waals surface area contributed by atoms with Gasteiger partial charge in [0.25, 0.3) is 0 Å². The zero-order valence-corrected chi connectivity index (χ0v) is 16.6. The first-order valence-electron chi connectivity index (χ1n) is 9.19. The van der Waals surface area contributed by atoms with Gasteiger partial charge in [-0.15, -0.1) is 11.8 Å². The van der Waals surface area contributed by atoms with Gasteiger partial charge in [0.05, 0.1) is 4.90 Å². The summed E-state index contributed by atoms with van der Waals surface area (Å²) in [5, 5.41) is 0. The van der Waals surface area contributed by atoms with Crippen molar-refractivity contribution >= 4 is 21.6 Å². The molecule has 0 saturated heterocycles. The summed E-state index contributed by atoms with van der Waals surface area (Å²) >= 11 is 1.51. The minimum Gasteiger partial charge on any atom is -0.222 e. The van der Waals surface area contributed by atoms with Gasteiger partial charge < -0.3 is 0 Å². The molecule has 0 aromatic heterocycles. The van der Waals surface area contributed by atoms with Gasteiger partial charge in [-0.1, -0.05) is 66.7 Å². The van der Waals surface area contributed by atoms with Crippen LogP contribution in [0.4, 0.5) is 0 Å². The highest BCUT2D eigenvalue weighted by Crippen LogP contribution is 2.63. The maximum absolute atomic E-state index is 13.5. The summed E-state index contributed by atoms with van der Waals surface area (Å²) in [5.74, 6) is 0.160. The van der Waals surface area contributed by atoms with Gasteiger partial charge in [0.15, 0.2) is 9.84 Å². The van der Waals surface area contributed by atoms with Crippen LogP contribution in [0.5, 0.6) is 0 Å². The van der Waals surface area contributed by atoms with Crippen LogP contribution in [0.2, 0.25) is 0 Å². The molecule has 0 amide bonds. The predicted molar refractivity (Wildman–Crippen MR) is 112 cm³/mol. The number of aryl methyl sites for hydroxylation is 1. The molecule has 4 heteroatoms. The summed E-state index contributed by atoms with van der Waals surface area (Å²) in [5.41, 5.74) is 1.26. The number of thioether (sulfide) groups is 1. The van der Waals surface area contributed by atoms with E-state index in [1.165, 1.54) is 17.3 Å². The minimum atomic E-state index is -3.42. The first-order valence-corrected chi connectivity index (χ1v) is 11.5. The van der Waals surface area contributed by atoms with E-state index < -0.39 is 13.9 Å². The Morgan fingerprint density at radius 2 is 1.37 bits per heavy atom. The average molecular weight is 395 g/mol. The smallest absolute Gasteiger partial charge is 0.193 e. The molecule has 4 rings (SSSR count). The second-order valence-corrected chi connectivity index (χ2v) is 10.8.